The number of benzene rings is 1. The molecule has 2 N–H and O–H groups in total. The minimum Gasteiger partial charge on any atom is -0.490 e. The molecule has 0 aliphatic heterocycles. The van der Waals surface area contributed by atoms with Gasteiger partial charge in [-0.2, -0.15) is 0 Å². The highest BCUT2D eigenvalue weighted by Gasteiger charge is 2.18. The van der Waals surface area contributed by atoms with E-state index in [1.54, 1.807) is 36.4 Å². The Balaban J connectivity index is 1.60. The zero-order valence-electron chi connectivity index (χ0n) is 15.5. The van der Waals surface area contributed by atoms with E-state index in [-0.39, 0.29) is 16.8 Å². The molecule has 1 aliphatic carbocycles. The molecule has 1 heterocycles. The molecule has 0 bridgehead atoms. The molecule has 3 rings (SSSR count). The van der Waals surface area contributed by atoms with Crippen LogP contribution in [-0.4, -0.2) is 31.3 Å². The van der Waals surface area contributed by atoms with Crippen molar-refractivity contribution < 1.29 is 13.2 Å². The molecule has 0 spiro atoms. The molecule has 0 atom stereocenters. The van der Waals surface area contributed by atoms with Crippen molar-refractivity contribution in [3.8, 4) is 5.75 Å². The quantitative estimate of drug-likeness (QED) is 0.633. The fourth-order valence-electron chi connectivity index (χ4n) is 2.97. The van der Waals surface area contributed by atoms with Gasteiger partial charge in [-0.25, -0.2) is 8.42 Å². The molecular formula is C19H26N4O3S. The van der Waals surface area contributed by atoms with E-state index < -0.39 is 10.0 Å². The molecule has 2 aromatic rings. The van der Waals surface area contributed by atoms with Crippen LogP contribution in [0.25, 0.3) is 0 Å². The predicted octanol–water partition coefficient (Wildman–Crippen LogP) is 3.81. The molecule has 1 saturated carbocycles. The highest BCUT2D eigenvalue weighted by atomic mass is 32.2. The topological polar surface area (TPSA) is 93.2 Å². The molecule has 7 nitrogen and oxygen atoms in total. The average Bonchev–Trinajstić information content (AvgIpc) is 3.17. The van der Waals surface area contributed by atoms with Gasteiger partial charge in [-0.3, -0.25) is 4.72 Å². The van der Waals surface area contributed by atoms with Crippen LogP contribution < -0.4 is 14.8 Å². The third-order valence-corrected chi connectivity index (χ3v) is 5.85. The fraction of sp³-hybridized carbons (Fsp3) is 0.474. The molecule has 0 radical (unpaired) electrons. The first kappa shape index (κ1) is 19.4. The summed E-state index contributed by atoms with van der Waals surface area (Å²) < 4.78 is 33.4. The van der Waals surface area contributed by atoms with E-state index in [1.165, 1.54) is 12.8 Å². The molecule has 146 valence electrons. The van der Waals surface area contributed by atoms with Crippen molar-refractivity contribution >= 4 is 21.7 Å². The molecule has 0 saturated heterocycles. The number of hydrogen-bond acceptors (Lipinski definition) is 6. The summed E-state index contributed by atoms with van der Waals surface area (Å²) in [5.74, 6) is 1.50. The Morgan fingerprint density at radius 1 is 1.04 bits per heavy atom. The van der Waals surface area contributed by atoms with Gasteiger partial charge in [0.15, 0.2) is 5.82 Å². The Labute approximate surface area is 160 Å². The van der Waals surface area contributed by atoms with E-state index >= 15 is 0 Å². The van der Waals surface area contributed by atoms with Crippen molar-refractivity contribution in [1.29, 1.82) is 0 Å². The predicted molar refractivity (Wildman–Crippen MR) is 106 cm³/mol. The van der Waals surface area contributed by atoms with Crippen LogP contribution in [0.4, 0.5) is 11.6 Å². The van der Waals surface area contributed by atoms with E-state index in [0.29, 0.717) is 11.6 Å². The Hall–Kier alpha value is -2.35. The normalized spacial score (nSPS) is 14.9. The lowest BCUT2D eigenvalue weighted by Gasteiger charge is -2.13. The molecule has 8 heteroatoms. The van der Waals surface area contributed by atoms with Gasteiger partial charge in [0.25, 0.3) is 10.0 Å². The number of hydrogen-bond donors (Lipinski definition) is 2. The van der Waals surface area contributed by atoms with Crippen molar-refractivity contribution in [3.63, 3.8) is 0 Å². The van der Waals surface area contributed by atoms with Crippen LogP contribution in [-0.2, 0) is 10.0 Å². The third-order valence-electron chi connectivity index (χ3n) is 4.48. The fourth-order valence-corrected chi connectivity index (χ4v) is 3.96. The van der Waals surface area contributed by atoms with Crippen LogP contribution in [0, 0.1) is 0 Å². The minimum atomic E-state index is -3.72. The van der Waals surface area contributed by atoms with E-state index in [2.05, 4.69) is 27.2 Å². The van der Waals surface area contributed by atoms with E-state index in [4.69, 9.17) is 4.74 Å². The summed E-state index contributed by atoms with van der Waals surface area (Å²) in [5, 5.41) is 11.1. The van der Waals surface area contributed by atoms with Gasteiger partial charge in [0.1, 0.15) is 11.6 Å². The Morgan fingerprint density at radius 2 is 1.70 bits per heavy atom. The van der Waals surface area contributed by atoms with E-state index in [0.717, 1.165) is 32.2 Å². The maximum Gasteiger partial charge on any atom is 0.263 e. The number of ether oxygens (including phenoxy) is 1. The number of nitrogens with zero attached hydrogens (tertiary/aromatic N) is 2. The van der Waals surface area contributed by atoms with Crippen LogP contribution in [0.15, 0.2) is 41.3 Å². The molecular weight excluding hydrogens is 364 g/mol. The first-order valence-corrected chi connectivity index (χ1v) is 10.9. The third kappa shape index (κ3) is 5.56. The minimum absolute atomic E-state index is 0.160. The molecule has 1 aromatic carbocycles. The lowest BCUT2D eigenvalue weighted by molar-refractivity contribution is 0.210. The van der Waals surface area contributed by atoms with E-state index in [9.17, 15) is 8.42 Å². The maximum absolute atomic E-state index is 12.5. The molecule has 27 heavy (non-hydrogen) atoms. The zero-order valence-corrected chi connectivity index (χ0v) is 16.3. The van der Waals surface area contributed by atoms with Gasteiger partial charge in [-0.05, 0) is 68.5 Å². The summed E-state index contributed by atoms with van der Waals surface area (Å²) in [6.45, 7) is 2.92. The van der Waals surface area contributed by atoms with Crippen LogP contribution in [0.1, 0.15) is 45.4 Å². The summed E-state index contributed by atoms with van der Waals surface area (Å²) in [6, 6.07) is 9.77. The Kier molecular flexibility index (Phi) is 6.49. The number of unbranched alkanes of at least 4 members (excludes halogenated alkanes) is 1. The van der Waals surface area contributed by atoms with Crippen molar-refractivity contribution in [1.82, 2.24) is 10.2 Å². The average molecular weight is 391 g/mol. The van der Waals surface area contributed by atoms with Crippen LogP contribution >= 0.6 is 0 Å². The summed E-state index contributed by atoms with van der Waals surface area (Å²) in [5.41, 5.74) is 0. The summed E-state index contributed by atoms with van der Waals surface area (Å²) in [7, 11) is -3.72. The first-order chi connectivity index (χ1) is 13.1. The molecule has 1 aliphatic rings. The smallest absolute Gasteiger partial charge is 0.263 e. The highest BCUT2D eigenvalue weighted by Crippen LogP contribution is 2.25. The second-order valence-corrected chi connectivity index (χ2v) is 8.37. The molecule has 0 unspecified atom stereocenters. The second kappa shape index (κ2) is 9.03. The van der Waals surface area contributed by atoms with Gasteiger partial charge in [0, 0.05) is 6.54 Å². The van der Waals surface area contributed by atoms with Crippen LogP contribution in [0.5, 0.6) is 5.75 Å². The molecule has 0 amide bonds. The van der Waals surface area contributed by atoms with Gasteiger partial charge in [-0.1, -0.05) is 13.3 Å². The monoisotopic (exact) mass is 390 g/mol. The first-order valence-electron chi connectivity index (χ1n) is 9.44. The summed E-state index contributed by atoms with van der Waals surface area (Å²) >= 11 is 0. The number of aromatic nitrogens is 2. The molecule has 1 aromatic heterocycles. The maximum atomic E-state index is 12.5. The largest absolute Gasteiger partial charge is 0.490 e. The van der Waals surface area contributed by atoms with Gasteiger partial charge < -0.3 is 10.1 Å². The van der Waals surface area contributed by atoms with Crippen molar-refractivity contribution in [3.05, 3.63) is 36.4 Å². The van der Waals surface area contributed by atoms with Gasteiger partial charge in [-0.15, -0.1) is 10.2 Å². The number of sulfonamides is 1. The van der Waals surface area contributed by atoms with Crippen LogP contribution in [0.2, 0.25) is 0 Å². The number of rotatable bonds is 9. The second-order valence-electron chi connectivity index (χ2n) is 6.69. The number of nitrogens with one attached hydrogen (secondary N) is 2. The lowest BCUT2D eigenvalue weighted by Crippen LogP contribution is -2.15. The van der Waals surface area contributed by atoms with Gasteiger partial charge in [0.05, 0.1) is 11.0 Å². The van der Waals surface area contributed by atoms with Crippen LogP contribution in [0.3, 0.4) is 0 Å². The Bertz CT molecular complexity index is 817. The zero-order chi connectivity index (χ0) is 19.1. The lowest BCUT2D eigenvalue weighted by atomic mass is 10.3. The SMILES string of the molecule is CCCCNc1ccc(NS(=O)(=O)c2ccc(OC3CCCC3)cc2)nn1. The Morgan fingerprint density at radius 3 is 2.33 bits per heavy atom. The van der Waals surface area contributed by atoms with Crippen molar-refractivity contribution in [2.75, 3.05) is 16.6 Å². The number of anilines is 2. The summed E-state index contributed by atoms with van der Waals surface area (Å²) in [6.07, 6.45) is 6.86. The molecule has 1 fully saturated rings. The van der Waals surface area contributed by atoms with Crippen molar-refractivity contribution in [2.24, 2.45) is 0 Å². The van der Waals surface area contributed by atoms with Crippen molar-refractivity contribution in [2.45, 2.75) is 56.4 Å². The summed E-state index contributed by atoms with van der Waals surface area (Å²) in [4.78, 5) is 0.160. The highest BCUT2D eigenvalue weighted by molar-refractivity contribution is 7.92. The van der Waals surface area contributed by atoms with Gasteiger partial charge >= 0.3 is 0 Å². The standard InChI is InChI=1S/C19H26N4O3S/c1-2-3-14-20-18-12-13-19(22-21-18)23-27(24,25)17-10-8-16(9-11-17)26-15-6-4-5-7-15/h8-13,15H,2-7,14H2,1H3,(H,20,21)(H,22,23). The van der Waals surface area contributed by atoms with E-state index in [1.807, 2.05) is 0 Å². The van der Waals surface area contributed by atoms with Gasteiger partial charge in [0.2, 0.25) is 0 Å².